The molecule has 0 amide bonds. The van der Waals surface area contributed by atoms with Crippen molar-refractivity contribution in [3.8, 4) is 0 Å². The molecule has 1 aliphatic carbocycles. The predicted octanol–water partition coefficient (Wildman–Crippen LogP) is 3.80. The van der Waals surface area contributed by atoms with Crippen LogP contribution in [-0.2, 0) is 16.4 Å². The van der Waals surface area contributed by atoms with Crippen LogP contribution in [0.15, 0.2) is 52.5 Å². The Morgan fingerprint density at radius 3 is 2.58 bits per heavy atom. The van der Waals surface area contributed by atoms with Crippen LogP contribution in [0.4, 0.5) is 0 Å². The third-order valence-corrected chi connectivity index (χ3v) is 6.14. The molecule has 0 atom stereocenters. The molecule has 3 aromatic rings. The summed E-state index contributed by atoms with van der Waals surface area (Å²) in [6, 6.07) is 13.0. The van der Waals surface area contributed by atoms with Gasteiger partial charge in [-0.05, 0) is 56.4 Å². The maximum atomic E-state index is 12.5. The molecule has 5 nitrogen and oxygen atoms in total. The van der Waals surface area contributed by atoms with Gasteiger partial charge in [-0.25, -0.2) is 0 Å². The highest BCUT2D eigenvalue weighted by Crippen LogP contribution is 2.30. The average molecular weight is 367 g/mol. The smallest absolute Gasteiger partial charge is 0.276 e. The van der Waals surface area contributed by atoms with E-state index in [9.17, 15) is 8.42 Å². The van der Waals surface area contributed by atoms with Crippen LogP contribution in [0.3, 0.4) is 0 Å². The minimum atomic E-state index is -3.67. The number of aromatic nitrogens is 1. The molecule has 6 heteroatoms. The summed E-state index contributed by atoms with van der Waals surface area (Å²) in [7, 11) is -3.67. The average Bonchev–Trinajstić information content (AvgIpc) is 3.01. The van der Waals surface area contributed by atoms with Crippen molar-refractivity contribution in [2.75, 3.05) is 0 Å². The van der Waals surface area contributed by atoms with E-state index >= 15 is 0 Å². The third-order valence-electron chi connectivity index (χ3n) is 4.91. The maximum Gasteiger partial charge on any atom is 0.276 e. The van der Waals surface area contributed by atoms with Crippen molar-refractivity contribution in [1.29, 1.82) is 0 Å². The molecule has 0 radical (unpaired) electrons. The quantitative estimate of drug-likeness (QED) is 0.691. The van der Waals surface area contributed by atoms with Gasteiger partial charge in [-0.2, -0.15) is 18.4 Å². The molecule has 0 unspecified atom stereocenters. The Bertz CT molecular complexity index is 1110. The van der Waals surface area contributed by atoms with Crippen molar-refractivity contribution >= 4 is 26.6 Å². The zero-order valence-corrected chi connectivity index (χ0v) is 15.7. The summed E-state index contributed by atoms with van der Waals surface area (Å²) in [4.78, 5) is 6.08. The van der Waals surface area contributed by atoms with E-state index in [-0.39, 0.29) is 4.90 Å². The van der Waals surface area contributed by atoms with Crippen LogP contribution < -0.4 is 4.83 Å². The fourth-order valence-corrected chi connectivity index (χ4v) is 4.31. The summed E-state index contributed by atoms with van der Waals surface area (Å²) in [5.41, 5.74) is 6.23. The highest BCUT2D eigenvalue weighted by atomic mass is 32.2. The van der Waals surface area contributed by atoms with Crippen molar-refractivity contribution in [3.05, 3.63) is 64.8 Å². The molecule has 0 saturated heterocycles. The highest BCUT2D eigenvalue weighted by molar-refractivity contribution is 7.89. The van der Waals surface area contributed by atoms with Gasteiger partial charge in [0.1, 0.15) is 0 Å². The predicted molar refractivity (Wildman–Crippen MR) is 104 cm³/mol. The summed E-state index contributed by atoms with van der Waals surface area (Å²) in [6.45, 7) is 3.99. The largest absolute Gasteiger partial charge is 0.353 e. The van der Waals surface area contributed by atoms with E-state index in [0.717, 1.165) is 41.7 Å². The molecular weight excluding hydrogens is 346 g/mol. The fourth-order valence-electron chi connectivity index (χ4n) is 3.48. The lowest BCUT2D eigenvalue weighted by Crippen LogP contribution is -2.22. The summed E-state index contributed by atoms with van der Waals surface area (Å²) in [5, 5.41) is 5.47. The molecule has 26 heavy (non-hydrogen) atoms. The first kappa shape index (κ1) is 16.8. The monoisotopic (exact) mass is 367 g/mol. The van der Waals surface area contributed by atoms with E-state index in [0.29, 0.717) is 0 Å². The zero-order chi connectivity index (χ0) is 18.3. The number of nitrogens with one attached hydrogen (secondary N) is 2. The van der Waals surface area contributed by atoms with E-state index in [1.54, 1.807) is 24.3 Å². The van der Waals surface area contributed by atoms with Gasteiger partial charge in [0.15, 0.2) is 0 Å². The molecule has 2 N–H and O–H groups in total. The number of hydrogen-bond donors (Lipinski definition) is 2. The third kappa shape index (κ3) is 2.90. The molecule has 2 aromatic carbocycles. The second-order valence-corrected chi connectivity index (χ2v) is 8.46. The maximum absolute atomic E-state index is 12.5. The van der Waals surface area contributed by atoms with Gasteiger partial charge in [0.05, 0.1) is 16.3 Å². The van der Waals surface area contributed by atoms with Gasteiger partial charge in [-0.15, -0.1) is 0 Å². The van der Waals surface area contributed by atoms with Gasteiger partial charge in [0.25, 0.3) is 10.0 Å². The lowest BCUT2D eigenvalue weighted by atomic mass is 9.94. The normalized spacial score (nSPS) is 16.0. The van der Waals surface area contributed by atoms with E-state index < -0.39 is 10.0 Å². The van der Waals surface area contributed by atoms with E-state index in [1.807, 2.05) is 6.92 Å². The molecular formula is C20H21N3O2S. The SMILES string of the molecule is Cc1ccc(S(=O)(=O)N/N=C2/CCCc3c2[nH]c2c(C)cccc32)cc1. The molecule has 0 aliphatic heterocycles. The summed E-state index contributed by atoms with van der Waals surface area (Å²) < 4.78 is 25.0. The summed E-state index contributed by atoms with van der Waals surface area (Å²) >= 11 is 0. The first-order valence-electron chi connectivity index (χ1n) is 8.71. The van der Waals surface area contributed by atoms with Gasteiger partial charge in [0, 0.05) is 10.9 Å². The number of nitrogens with zero attached hydrogens (tertiary/aromatic N) is 1. The Kier molecular flexibility index (Phi) is 4.07. The van der Waals surface area contributed by atoms with Crippen LogP contribution in [0, 0.1) is 13.8 Å². The second kappa shape index (κ2) is 6.29. The Balaban J connectivity index is 1.70. The standard InChI is InChI=1S/C20H21N3O2S/c1-13-9-11-15(12-10-13)26(24,25)23-22-18-8-4-7-17-16-6-3-5-14(2)19(16)21-20(17)18/h3,5-6,9-12,21,23H,4,7-8H2,1-2H3/b22-18-. The first-order chi connectivity index (χ1) is 12.5. The molecule has 4 rings (SSSR count). The van der Waals surface area contributed by atoms with Crippen LogP contribution in [0.25, 0.3) is 10.9 Å². The Morgan fingerprint density at radius 1 is 1.04 bits per heavy atom. The topological polar surface area (TPSA) is 74.3 Å². The number of aromatic amines is 1. The number of hydrogen-bond acceptors (Lipinski definition) is 3. The molecule has 0 spiro atoms. The minimum absolute atomic E-state index is 0.218. The number of aryl methyl sites for hydroxylation is 3. The molecule has 1 aliphatic rings. The van der Waals surface area contributed by atoms with Crippen LogP contribution >= 0.6 is 0 Å². The van der Waals surface area contributed by atoms with Crippen molar-refractivity contribution in [3.63, 3.8) is 0 Å². The number of benzene rings is 2. The van der Waals surface area contributed by atoms with E-state index in [4.69, 9.17) is 0 Å². The molecule has 0 bridgehead atoms. The Morgan fingerprint density at radius 2 is 1.81 bits per heavy atom. The van der Waals surface area contributed by atoms with Gasteiger partial charge in [0.2, 0.25) is 0 Å². The molecule has 1 aromatic heterocycles. The first-order valence-corrected chi connectivity index (χ1v) is 10.2. The Hall–Kier alpha value is -2.60. The highest BCUT2D eigenvalue weighted by Gasteiger charge is 2.22. The van der Waals surface area contributed by atoms with Crippen molar-refractivity contribution in [2.24, 2.45) is 5.10 Å². The number of para-hydroxylation sites is 1. The van der Waals surface area contributed by atoms with E-state index in [2.05, 4.69) is 40.0 Å². The number of rotatable bonds is 3. The lowest BCUT2D eigenvalue weighted by molar-refractivity contribution is 0.584. The zero-order valence-electron chi connectivity index (χ0n) is 14.8. The van der Waals surface area contributed by atoms with Crippen molar-refractivity contribution in [2.45, 2.75) is 38.0 Å². The molecule has 134 valence electrons. The molecule has 1 heterocycles. The number of fused-ring (bicyclic) bond motifs is 3. The van der Waals surface area contributed by atoms with Crippen molar-refractivity contribution in [1.82, 2.24) is 9.82 Å². The molecule has 0 saturated carbocycles. The van der Waals surface area contributed by atoms with Gasteiger partial charge < -0.3 is 4.98 Å². The lowest BCUT2D eigenvalue weighted by Gasteiger charge is -2.14. The fraction of sp³-hybridized carbons (Fsp3) is 0.250. The van der Waals surface area contributed by atoms with E-state index in [1.165, 1.54) is 16.5 Å². The number of sulfonamides is 1. The number of H-pyrrole nitrogens is 1. The number of hydrazone groups is 1. The van der Waals surface area contributed by atoms with Crippen LogP contribution in [0.2, 0.25) is 0 Å². The molecule has 0 fully saturated rings. The summed E-state index contributed by atoms with van der Waals surface area (Å²) in [6.07, 6.45) is 2.68. The minimum Gasteiger partial charge on any atom is -0.353 e. The van der Waals surface area contributed by atoms with Crippen LogP contribution in [0.1, 0.15) is 35.2 Å². The van der Waals surface area contributed by atoms with Crippen LogP contribution in [-0.4, -0.2) is 19.1 Å². The van der Waals surface area contributed by atoms with Crippen LogP contribution in [0.5, 0.6) is 0 Å². The van der Waals surface area contributed by atoms with Gasteiger partial charge in [-0.3, -0.25) is 0 Å². The summed E-state index contributed by atoms with van der Waals surface area (Å²) in [5.74, 6) is 0. The Labute approximate surface area is 153 Å². The van der Waals surface area contributed by atoms with Gasteiger partial charge >= 0.3 is 0 Å². The second-order valence-electron chi connectivity index (χ2n) is 6.80. The van der Waals surface area contributed by atoms with Gasteiger partial charge in [-0.1, -0.05) is 35.9 Å². The van der Waals surface area contributed by atoms with Crippen molar-refractivity contribution < 1.29 is 8.42 Å².